The number of nitrogens with zero attached hydrogens (tertiary/aromatic N) is 5. The number of likely N-dealkylation sites (tertiary alicyclic amines) is 1. The molecule has 0 aromatic heterocycles. The van der Waals surface area contributed by atoms with Crippen molar-refractivity contribution >= 4 is 35.9 Å². The molecule has 2 fully saturated rings. The molecular weight excluding hydrogens is 730 g/mol. The average molecular weight is 782 g/mol. The number of ether oxygens (including phenoxy) is 5. The summed E-state index contributed by atoms with van der Waals surface area (Å²) in [4.78, 5) is 85.3. The maximum atomic E-state index is 14.0. The van der Waals surface area contributed by atoms with Gasteiger partial charge in [-0.15, -0.1) is 0 Å². The third-order valence-electron chi connectivity index (χ3n) is 10.6. The van der Waals surface area contributed by atoms with Gasteiger partial charge in [0.1, 0.15) is 12.7 Å². The van der Waals surface area contributed by atoms with Crippen molar-refractivity contribution in [3.05, 3.63) is 59.7 Å². The molecule has 2 aliphatic heterocycles. The molecule has 0 bridgehead atoms. The third-order valence-corrected chi connectivity index (χ3v) is 10.6. The summed E-state index contributed by atoms with van der Waals surface area (Å²) in [6.45, 7) is 2.91. The first-order chi connectivity index (χ1) is 26.9. The summed E-state index contributed by atoms with van der Waals surface area (Å²) in [5.74, 6) is -3.66. The molecular formula is C39H51N5O12. The highest BCUT2D eigenvalue weighted by molar-refractivity contribution is 5.83. The SMILES string of the molecule is COC(=O)CN1CCN(CC(=O)OC)CCN([C@@H]2[C@@H](OC(C)=O)CN(C(=O)OCC3c4ccccc4-c4ccccc43)[C@@H]2C(=O)O)CCN(CC(=O)OC)CC1. The molecule has 17 nitrogen and oxygen atoms in total. The van der Waals surface area contributed by atoms with Crippen LogP contribution in [0.3, 0.4) is 0 Å². The van der Waals surface area contributed by atoms with Gasteiger partial charge >= 0.3 is 35.9 Å². The second-order valence-corrected chi connectivity index (χ2v) is 14.0. The quantitative estimate of drug-likeness (QED) is 0.249. The lowest BCUT2D eigenvalue weighted by molar-refractivity contribution is -0.151. The maximum Gasteiger partial charge on any atom is 0.410 e. The first-order valence-electron chi connectivity index (χ1n) is 18.6. The van der Waals surface area contributed by atoms with Crippen LogP contribution in [-0.2, 0) is 47.7 Å². The molecule has 2 aromatic carbocycles. The number of carbonyl (C=O) groups excluding carboxylic acids is 5. The van der Waals surface area contributed by atoms with E-state index in [-0.39, 0.29) is 64.9 Å². The van der Waals surface area contributed by atoms with Gasteiger partial charge in [0, 0.05) is 65.2 Å². The predicted molar refractivity (Wildman–Crippen MR) is 199 cm³/mol. The molecule has 56 heavy (non-hydrogen) atoms. The number of hydrogen-bond acceptors (Lipinski definition) is 15. The molecule has 2 saturated heterocycles. The van der Waals surface area contributed by atoms with Crippen LogP contribution in [0.15, 0.2) is 48.5 Å². The highest BCUT2D eigenvalue weighted by atomic mass is 16.6. The van der Waals surface area contributed by atoms with Crippen LogP contribution in [0.4, 0.5) is 4.79 Å². The molecule has 0 unspecified atom stereocenters. The normalized spacial score (nSPS) is 21.5. The van der Waals surface area contributed by atoms with Crippen LogP contribution in [0.1, 0.15) is 24.0 Å². The van der Waals surface area contributed by atoms with E-state index in [0.717, 1.165) is 27.2 Å². The summed E-state index contributed by atoms with van der Waals surface area (Å²) in [5.41, 5.74) is 4.07. The molecule has 5 rings (SSSR count). The Morgan fingerprint density at radius 1 is 0.661 bits per heavy atom. The van der Waals surface area contributed by atoms with Gasteiger partial charge in [0.15, 0.2) is 6.04 Å². The van der Waals surface area contributed by atoms with Crippen molar-refractivity contribution in [2.24, 2.45) is 0 Å². The second kappa shape index (κ2) is 19.7. The van der Waals surface area contributed by atoms with Crippen LogP contribution >= 0.6 is 0 Å². The van der Waals surface area contributed by atoms with Crippen molar-refractivity contribution in [1.29, 1.82) is 0 Å². The molecule has 0 spiro atoms. The highest BCUT2D eigenvalue weighted by Crippen LogP contribution is 2.44. The number of methoxy groups -OCH3 is 3. The van der Waals surface area contributed by atoms with Crippen LogP contribution < -0.4 is 0 Å². The fraction of sp³-hybridized carbons (Fsp3) is 0.538. The molecule has 3 atom stereocenters. The molecule has 1 amide bonds. The molecule has 3 aliphatic rings. The zero-order chi connectivity index (χ0) is 40.4. The molecule has 1 N–H and O–H groups in total. The standard InChI is InChI=1S/C39H51N5O12/c1-26(45)56-32-21-44(39(51)55-25-31-29-11-7-5-9-27(29)28-10-6-8-12-30(28)31)37(38(49)50)36(32)43-19-17-41(23-34(47)53-3)15-13-40(22-33(46)52-2)14-16-42(18-20-43)24-35(48)54-4/h5-12,31-32,36-37H,13-25H2,1-4H3,(H,49,50)/t32-,36+,37-/m0/s1. The Bertz CT molecular complexity index is 1660. The van der Waals surface area contributed by atoms with E-state index in [1.54, 1.807) is 0 Å². The first kappa shape index (κ1) is 42.1. The lowest BCUT2D eigenvalue weighted by Gasteiger charge is -2.38. The zero-order valence-corrected chi connectivity index (χ0v) is 32.3. The minimum Gasteiger partial charge on any atom is -0.480 e. The third kappa shape index (κ3) is 10.4. The number of amides is 1. The number of hydrogen-bond donors (Lipinski definition) is 1. The number of carboxylic acid groups (broad SMARTS) is 1. The van der Waals surface area contributed by atoms with Crippen molar-refractivity contribution < 1.29 is 57.6 Å². The number of esters is 4. The Balaban J connectivity index is 1.42. The summed E-state index contributed by atoms with van der Waals surface area (Å²) in [5, 5.41) is 10.8. The van der Waals surface area contributed by atoms with E-state index in [9.17, 15) is 33.9 Å². The minimum absolute atomic E-state index is 0.0150. The Morgan fingerprint density at radius 2 is 1.09 bits per heavy atom. The molecule has 2 aromatic rings. The number of rotatable bonds is 11. The monoisotopic (exact) mass is 781 g/mol. The zero-order valence-electron chi connectivity index (χ0n) is 32.3. The van der Waals surface area contributed by atoms with E-state index in [0.29, 0.717) is 26.2 Å². The Labute approximate surface area is 325 Å². The van der Waals surface area contributed by atoms with Crippen molar-refractivity contribution in [2.75, 3.05) is 106 Å². The maximum absolute atomic E-state index is 14.0. The molecule has 2 heterocycles. The number of benzene rings is 2. The first-order valence-corrected chi connectivity index (χ1v) is 18.6. The van der Waals surface area contributed by atoms with E-state index in [1.165, 1.54) is 28.3 Å². The number of carboxylic acids is 1. The van der Waals surface area contributed by atoms with E-state index in [2.05, 4.69) is 0 Å². The molecule has 304 valence electrons. The summed E-state index contributed by atoms with van der Waals surface area (Å²) in [7, 11) is 3.86. The molecule has 0 saturated carbocycles. The largest absolute Gasteiger partial charge is 0.480 e. The smallest absolute Gasteiger partial charge is 0.410 e. The summed E-state index contributed by atoms with van der Waals surface area (Å²) < 4.78 is 26.4. The van der Waals surface area contributed by atoms with Gasteiger partial charge < -0.3 is 28.8 Å². The van der Waals surface area contributed by atoms with Crippen molar-refractivity contribution in [3.8, 4) is 11.1 Å². The molecule has 1 aliphatic carbocycles. The number of aliphatic carboxylic acids is 1. The summed E-state index contributed by atoms with van der Waals surface area (Å²) >= 11 is 0. The Morgan fingerprint density at radius 3 is 1.50 bits per heavy atom. The second-order valence-electron chi connectivity index (χ2n) is 14.0. The number of carbonyl (C=O) groups is 6. The van der Waals surface area contributed by atoms with Gasteiger partial charge in [0.25, 0.3) is 0 Å². The van der Waals surface area contributed by atoms with Gasteiger partial charge in [-0.1, -0.05) is 48.5 Å². The topological polar surface area (TPSA) is 185 Å². The van der Waals surface area contributed by atoms with Crippen LogP contribution in [0, 0.1) is 0 Å². The predicted octanol–water partition coefficient (Wildman–Crippen LogP) is 0.745. The summed E-state index contributed by atoms with van der Waals surface area (Å²) in [6.07, 6.45) is -1.92. The number of fused-ring (bicyclic) bond motifs is 3. The van der Waals surface area contributed by atoms with Crippen LogP contribution in [0.2, 0.25) is 0 Å². The lowest BCUT2D eigenvalue weighted by atomic mass is 9.98. The Hall–Kier alpha value is -5.10. The summed E-state index contributed by atoms with van der Waals surface area (Å²) in [6, 6.07) is 13.2. The van der Waals surface area contributed by atoms with Gasteiger partial charge in [0.2, 0.25) is 0 Å². The van der Waals surface area contributed by atoms with Gasteiger partial charge in [0.05, 0.1) is 53.6 Å². The molecule has 17 heteroatoms. The molecule has 0 radical (unpaired) electrons. The minimum atomic E-state index is -1.48. The van der Waals surface area contributed by atoms with Crippen LogP contribution in [-0.4, -0.2) is 190 Å². The van der Waals surface area contributed by atoms with Gasteiger partial charge in [-0.3, -0.25) is 43.7 Å². The highest BCUT2D eigenvalue weighted by Gasteiger charge is 2.53. The van der Waals surface area contributed by atoms with E-state index < -0.39 is 54.1 Å². The van der Waals surface area contributed by atoms with E-state index in [4.69, 9.17) is 23.7 Å². The van der Waals surface area contributed by atoms with Crippen LogP contribution in [0.5, 0.6) is 0 Å². The van der Waals surface area contributed by atoms with E-state index >= 15 is 0 Å². The van der Waals surface area contributed by atoms with Crippen molar-refractivity contribution in [3.63, 3.8) is 0 Å². The lowest BCUT2D eigenvalue weighted by Crippen LogP contribution is -2.57. The van der Waals surface area contributed by atoms with Gasteiger partial charge in [-0.05, 0) is 22.3 Å². The Kier molecular flexibility index (Phi) is 14.8. The average Bonchev–Trinajstić information content (AvgIpc) is 3.72. The van der Waals surface area contributed by atoms with E-state index in [1.807, 2.05) is 68.1 Å². The van der Waals surface area contributed by atoms with Gasteiger partial charge in [-0.25, -0.2) is 9.59 Å². The fourth-order valence-electron chi connectivity index (χ4n) is 7.77. The van der Waals surface area contributed by atoms with Crippen molar-refractivity contribution in [1.82, 2.24) is 24.5 Å². The van der Waals surface area contributed by atoms with Gasteiger partial charge in [-0.2, -0.15) is 0 Å². The van der Waals surface area contributed by atoms with Crippen molar-refractivity contribution in [2.45, 2.75) is 31.0 Å². The fourth-order valence-corrected chi connectivity index (χ4v) is 7.77. The van der Waals surface area contributed by atoms with Crippen LogP contribution in [0.25, 0.3) is 11.1 Å².